The standard InChI is InChI=1S/C25H18ClFN2O2/c26-23-8-4-2-6-19(23)16-31-24-14-11-17-5-1-3-7-21(17)22(24)15-28-29-25(30)18-9-12-20(27)13-10-18/h1-15H,16H2,(H,29,30)/b28-15-. The Bertz CT molecular complexity index is 1260. The molecule has 0 aliphatic heterocycles. The van der Waals surface area contributed by atoms with E-state index < -0.39 is 11.7 Å². The molecule has 4 aromatic carbocycles. The van der Waals surface area contributed by atoms with Crippen molar-refractivity contribution in [3.8, 4) is 5.75 Å². The van der Waals surface area contributed by atoms with Crippen LogP contribution >= 0.6 is 11.6 Å². The lowest BCUT2D eigenvalue weighted by Crippen LogP contribution is -2.17. The zero-order chi connectivity index (χ0) is 21.6. The number of nitrogens with zero attached hydrogens (tertiary/aromatic N) is 1. The highest BCUT2D eigenvalue weighted by Crippen LogP contribution is 2.28. The first-order chi connectivity index (χ1) is 15.1. The molecule has 0 saturated carbocycles. The first-order valence-electron chi connectivity index (χ1n) is 9.59. The predicted molar refractivity (Wildman–Crippen MR) is 121 cm³/mol. The molecule has 4 aromatic rings. The van der Waals surface area contributed by atoms with E-state index in [9.17, 15) is 9.18 Å². The molecule has 0 aliphatic rings. The van der Waals surface area contributed by atoms with Crippen LogP contribution in [0.2, 0.25) is 5.02 Å². The van der Waals surface area contributed by atoms with Crippen LogP contribution in [0.3, 0.4) is 0 Å². The molecule has 154 valence electrons. The second-order valence-electron chi connectivity index (χ2n) is 6.78. The van der Waals surface area contributed by atoms with E-state index >= 15 is 0 Å². The van der Waals surface area contributed by atoms with Crippen LogP contribution in [-0.4, -0.2) is 12.1 Å². The van der Waals surface area contributed by atoms with Gasteiger partial charge in [-0.2, -0.15) is 5.10 Å². The summed E-state index contributed by atoms with van der Waals surface area (Å²) in [5.41, 5.74) is 4.38. The van der Waals surface area contributed by atoms with Gasteiger partial charge in [-0.3, -0.25) is 4.79 Å². The van der Waals surface area contributed by atoms with Crippen LogP contribution < -0.4 is 10.2 Å². The van der Waals surface area contributed by atoms with E-state index in [-0.39, 0.29) is 0 Å². The normalized spacial score (nSPS) is 11.0. The minimum absolute atomic E-state index is 0.292. The molecule has 0 aromatic heterocycles. The Balaban J connectivity index is 1.59. The summed E-state index contributed by atoms with van der Waals surface area (Å²) in [5.74, 6) is -0.232. The van der Waals surface area contributed by atoms with Crippen molar-refractivity contribution in [3.63, 3.8) is 0 Å². The third kappa shape index (κ3) is 4.90. The summed E-state index contributed by atoms with van der Waals surface area (Å²) in [6.07, 6.45) is 1.55. The first-order valence-corrected chi connectivity index (χ1v) is 9.96. The molecule has 0 heterocycles. The van der Waals surface area contributed by atoms with Gasteiger partial charge in [-0.15, -0.1) is 0 Å². The number of carbonyl (C=O) groups is 1. The molecule has 1 amide bonds. The Morgan fingerprint density at radius 2 is 1.71 bits per heavy atom. The summed E-state index contributed by atoms with van der Waals surface area (Å²) in [6.45, 7) is 0.292. The minimum Gasteiger partial charge on any atom is -0.488 e. The maximum absolute atomic E-state index is 13.1. The van der Waals surface area contributed by atoms with Gasteiger partial charge in [0.15, 0.2) is 0 Å². The molecule has 0 saturated heterocycles. The SMILES string of the molecule is O=C(N/N=C\c1c(OCc2ccccc2Cl)ccc2ccccc12)c1ccc(F)cc1. The molecule has 0 fully saturated rings. The van der Waals surface area contributed by atoms with Crippen molar-refractivity contribution in [1.82, 2.24) is 5.43 Å². The zero-order valence-corrected chi connectivity index (χ0v) is 17.1. The van der Waals surface area contributed by atoms with Gasteiger partial charge in [0.25, 0.3) is 5.91 Å². The second kappa shape index (κ2) is 9.41. The Kier molecular flexibility index (Phi) is 6.24. The van der Waals surface area contributed by atoms with E-state index in [1.165, 1.54) is 24.3 Å². The number of hydrogen-bond acceptors (Lipinski definition) is 3. The molecule has 1 N–H and O–H groups in total. The molecule has 6 heteroatoms. The van der Waals surface area contributed by atoms with Gasteiger partial charge in [-0.1, -0.05) is 60.1 Å². The number of hydrazone groups is 1. The van der Waals surface area contributed by atoms with Crippen LogP contribution in [0.25, 0.3) is 10.8 Å². The Labute approximate surface area is 183 Å². The highest BCUT2D eigenvalue weighted by molar-refractivity contribution is 6.31. The van der Waals surface area contributed by atoms with Gasteiger partial charge >= 0.3 is 0 Å². The fraction of sp³-hybridized carbons (Fsp3) is 0.0400. The quantitative estimate of drug-likeness (QED) is 0.301. The second-order valence-corrected chi connectivity index (χ2v) is 7.19. The summed E-state index contributed by atoms with van der Waals surface area (Å²) < 4.78 is 19.1. The van der Waals surface area contributed by atoms with Crippen molar-refractivity contribution >= 4 is 34.5 Å². The van der Waals surface area contributed by atoms with Crippen LogP contribution in [0.4, 0.5) is 4.39 Å². The molecule has 0 bridgehead atoms. The molecule has 4 rings (SSSR count). The van der Waals surface area contributed by atoms with Crippen LogP contribution in [0, 0.1) is 5.82 Å². The summed E-state index contributed by atoms with van der Waals surface area (Å²) in [4.78, 5) is 12.2. The number of carbonyl (C=O) groups excluding carboxylic acids is 1. The van der Waals surface area contributed by atoms with Gasteiger partial charge in [0, 0.05) is 21.7 Å². The van der Waals surface area contributed by atoms with Gasteiger partial charge in [-0.05, 0) is 47.2 Å². The zero-order valence-electron chi connectivity index (χ0n) is 16.4. The van der Waals surface area contributed by atoms with Gasteiger partial charge in [0.2, 0.25) is 0 Å². The largest absolute Gasteiger partial charge is 0.488 e. The molecule has 0 unspecified atom stereocenters. The van der Waals surface area contributed by atoms with Gasteiger partial charge in [-0.25, -0.2) is 9.82 Å². The lowest BCUT2D eigenvalue weighted by atomic mass is 10.0. The smallest absolute Gasteiger partial charge is 0.271 e. The van der Waals surface area contributed by atoms with E-state index in [4.69, 9.17) is 16.3 Å². The summed E-state index contributed by atoms with van der Waals surface area (Å²) in [7, 11) is 0. The van der Waals surface area contributed by atoms with Gasteiger partial charge < -0.3 is 4.74 Å². The summed E-state index contributed by atoms with van der Waals surface area (Å²) >= 11 is 6.23. The molecule has 0 aliphatic carbocycles. The number of rotatable bonds is 6. The molecular weight excluding hydrogens is 415 g/mol. The maximum atomic E-state index is 13.1. The fourth-order valence-electron chi connectivity index (χ4n) is 3.13. The average Bonchev–Trinajstić information content (AvgIpc) is 2.79. The molecular formula is C25H18ClFN2O2. The summed E-state index contributed by atoms with van der Waals surface area (Å²) in [5, 5.41) is 6.67. The molecule has 31 heavy (non-hydrogen) atoms. The number of fused-ring (bicyclic) bond motifs is 1. The maximum Gasteiger partial charge on any atom is 0.271 e. The van der Waals surface area contributed by atoms with E-state index in [2.05, 4.69) is 10.5 Å². The third-order valence-electron chi connectivity index (χ3n) is 4.74. The van der Waals surface area contributed by atoms with Crippen molar-refractivity contribution in [2.24, 2.45) is 5.10 Å². The van der Waals surface area contributed by atoms with Gasteiger partial charge in [0.05, 0.1) is 6.21 Å². The third-order valence-corrected chi connectivity index (χ3v) is 5.11. The highest BCUT2D eigenvalue weighted by atomic mass is 35.5. The molecule has 0 atom stereocenters. The molecule has 0 radical (unpaired) electrons. The minimum atomic E-state index is -0.435. The monoisotopic (exact) mass is 432 g/mol. The van der Waals surface area contributed by atoms with Crippen molar-refractivity contribution in [3.05, 3.63) is 112 Å². The van der Waals surface area contributed by atoms with E-state index in [1.54, 1.807) is 6.21 Å². The number of nitrogens with one attached hydrogen (secondary N) is 1. The predicted octanol–water partition coefficient (Wildman–Crippen LogP) is 5.98. The van der Waals surface area contributed by atoms with E-state index in [1.807, 2.05) is 60.7 Å². The molecule has 0 spiro atoms. The number of hydrogen-bond donors (Lipinski definition) is 1. The van der Waals surface area contributed by atoms with Gasteiger partial charge in [0.1, 0.15) is 18.2 Å². The highest BCUT2D eigenvalue weighted by Gasteiger charge is 2.09. The number of benzene rings is 4. The number of ether oxygens (including phenoxy) is 1. The van der Waals surface area contributed by atoms with Crippen LogP contribution in [0.1, 0.15) is 21.5 Å². The van der Waals surface area contributed by atoms with Crippen LogP contribution in [-0.2, 0) is 6.61 Å². The number of halogens is 2. The summed E-state index contributed by atoms with van der Waals surface area (Å²) in [6, 6.07) is 24.4. The van der Waals surface area contributed by atoms with Crippen molar-refractivity contribution in [2.45, 2.75) is 6.61 Å². The Morgan fingerprint density at radius 3 is 2.52 bits per heavy atom. The van der Waals surface area contributed by atoms with Crippen molar-refractivity contribution in [2.75, 3.05) is 0 Å². The van der Waals surface area contributed by atoms with E-state index in [0.717, 1.165) is 21.9 Å². The fourth-order valence-corrected chi connectivity index (χ4v) is 3.32. The topological polar surface area (TPSA) is 50.7 Å². The lowest BCUT2D eigenvalue weighted by Gasteiger charge is -2.12. The Hall–Kier alpha value is -3.70. The number of amides is 1. The average molecular weight is 433 g/mol. The Morgan fingerprint density at radius 1 is 0.968 bits per heavy atom. The molecule has 4 nitrogen and oxygen atoms in total. The van der Waals surface area contributed by atoms with Crippen molar-refractivity contribution in [1.29, 1.82) is 0 Å². The van der Waals surface area contributed by atoms with E-state index in [0.29, 0.717) is 22.9 Å². The van der Waals surface area contributed by atoms with Crippen LogP contribution in [0.15, 0.2) is 90.0 Å². The van der Waals surface area contributed by atoms with Crippen molar-refractivity contribution < 1.29 is 13.9 Å². The first kappa shape index (κ1) is 20.6. The van der Waals surface area contributed by atoms with Crippen LogP contribution in [0.5, 0.6) is 5.75 Å². The lowest BCUT2D eigenvalue weighted by molar-refractivity contribution is 0.0955.